The minimum atomic E-state index is -0.221. The Morgan fingerprint density at radius 3 is 2.69 bits per heavy atom. The SMILES string of the molecule is Cn1nnc(Cl)c1-c1cc(C(=O)N[C@H](CN)Cc2ccccc2)sc1Cl. The Hall–Kier alpha value is -1.93. The van der Waals surface area contributed by atoms with Gasteiger partial charge >= 0.3 is 0 Å². The summed E-state index contributed by atoms with van der Waals surface area (Å²) in [6.07, 6.45) is 0.659. The molecular weight excluding hydrogens is 393 g/mol. The molecular formula is C17H17Cl2N5OS. The molecule has 0 saturated heterocycles. The minimum Gasteiger partial charge on any atom is -0.347 e. The summed E-state index contributed by atoms with van der Waals surface area (Å²) in [4.78, 5) is 13.1. The fourth-order valence-corrected chi connectivity index (χ4v) is 4.05. The molecule has 2 aromatic heterocycles. The van der Waals surface area contributed by atoms with Gasteiger partial charge in [0.15, 0.2) is 5.15 Å². The number of aromatic nitrogens is 3. The van der Waals surface area contributed by atoms with Crippen LogP contribution in [-0.4, -0.2) is 33.5 Å². The van der Waals surface area contributed by atoms with E-state index in [1.165, 1.54) is 16.0 Å². The zero-order valence-corrected chi connectivity index (χ0v) is 16.3. The maximum absolute atomic E-state index is 12.6. The van der Waals surface area contributed by atoms with Crippen LogP contribution in [0.3, 0.4) is 0 Å². The number of hydrogen-bond donors (Lipinski definition) is 2. The smallest absolute Gasteiger partial charge is 0.261 e. The number of aryl methyl sites for hydroxylation is 1. The molecule has 0 spiro atoms. The summed E-state index contributed by atoms with van der Waals surface area (Å²) in [6, 6.07) is 11.4. The van der Waals surface area contributed by atoms with Gasteiger partial charge in [0.1, 0.15) is 10.0 Å². The summed E-state index contributed by atoms with van der Waals surface area (Å²) in [5, 5.41) is 10.9. The van der Waals surface area contributed by atoms with Crippen LogP contribution < -0.4 is 11.1 Å². The van der Waals surface area contributed by atoms with E-state index in [-0.39, 0.29) is 17.1 Å². The predicted molar refractivity (Wildman–Crippen MR) is 105 cm³/mol. The Kier molecular flexibility index (Phi) is 5.93. The molecule has 0 saturated carbocycles. The lowest BCUT2D eigenvalue weighted by molar-refractivity contribution is 0.0942. The number of carbonyl (C=O) groups excluding carboxylic acids is 1. The first-order valence-corrected chi connectivity index (χ1v) is 9.46. The number of amides is 1. The van der Waals surface area contributed by atoms with Gasteiger partial charge in [0.05, 0.1) is 4.88 Å². The number of hydrogen-bond acceptors (Lipinski definition) is 5. The average molecular weight is 410 g/mol. The molecule has 9 heteroatoms. The summed E-state index contributed by atoms with van der Waals surface area (Å²) in [7, 11) is 1.71. The molecule has 0 aliphatic rings. The van der Waals surface area contributed by atoms with Gasteiger partial charge in [-0.05, 0) is 18.1 Å². The average Bonchev–Trinajstić information content (AvgIpc) is 3.17. The molecule has 1 aromatic carbocycles. The second-order valence-electron chi connectivity index (χ2n) is 5.75. The minimum absolute atomic E-state index is 0.170. The van der Waals surface area contributed by atoms with Crippen molar-refractivity contribution in [2.45, 2.75) is 12.5 Å². The lowest BCUT2D eigenvalue weighted by Gasteiger charge is -2.16. The first kappa shape index (κ1) is 18.8. The van der Waals surface area contributed by atoms with Crippen molar-refractivity contribution in [2.75, 3.05) is 6.54 Å². The lowest BCUT2D eigenvalue weighted by atomic mass is 10.1. The molecule has 6 nitrogen and oxygen atoms in total. The van der Waals surface area contributed by atoms with Crippen LogP contribution in [0.5, 0.6) is 0 Å². The largest absolute Gasteiger partial charge is 0.347 e. The fourth-order valence-electron chi connectivity index (χ4n) is 2.61. The van der Waals surface area contributed by atoms with E-state index in [1.807, 2.05) is 30.3 Å². The van der Waals surface area contributed by atoms with Crippen LogP contribution in [-0.2, 0) is 13.5 Å². The molecule has 136 valence electrons. The van der Waals surface area contributed by atoms with Crippen LogP contribution in [0.15, 0.2) is 36.4 Å². The fraction of sp³-hybridized carbons (Fsp3) is 0.235. The van der Waals surface area contributed by atoms with E-state index in [2.05, 4.69) is 15.6 Å². The summed E-state index contributed by atoms with van der Waals surface area (Å²) in [6.45, 7) is 0.337. The van der Waals surface area contributed by atoms with E-state index in [9.17, 15) is 4.79 Å². The number of thiophene rings is 1. The molecule has 3 aromatic rings. The van der Waals surface area contributed by atoms with Gasteiger partial charge in [-0.1, -0.05) is 58.7 Å². The number of nitrogens with two attached hydrogens (primary N) is 1. The van der Waals surface area contributed by atoms with Crippen molar-refractivity contribution < 1.29 is 4.79 Å². The molecule has 2 heterocycles. The van der Waals surface area contributed by atoms with Crippen molar-refractivity contribution in [1.82, 2.24) is 20.3 Å². The van der Waals surface area contributed by atoms with Gasteiger partial charge in [0.2, 0.25) is 0 Å². The number of nitrogens with zero attached hydrogens (tertiary/aromatic N) is 3. The molecule has 26 heavy (non-hydrogen) atoms. The highest BCUT2D eigenvalue weighted by Gasteiger charge is 2.21. The highest BCUT2D eigenvalue weighted by atomic mass is 35.5. The van der Waals surface area contributed by atoms with Crippen LogP contribution in [0.1, 0.15) is 15.2 Å². The molecule has 0 aliphatic heterocycles. The Morgan fingerprint density at radius 2 is 2.08 bits per heavy atom. The molecule has 0 fully saturated rings. The summed E-state index contributed by atoms with van der Waals surface area (Å²) < 4.78 is 1.98. The van der Waals surface area contributed by atoms with Crippen LogP contribution in [0.25, 0.3) is 11.3 Å². The number of carbonyl (C=O) groups is 1. The Morgan fingerprint density at radius 1 is 1.35 bits per heavy atom. The number of nitrogens with one attached hydrogen (secondary N) is 1. The first-order chi connectivity index (χ1) is 12.5. The maximum atomic E-state index is 12.6. The van der Waals surface area contributed by atoms with E-state index in [0.717, 1.165) is 5.56 Å². The maximum Gasteiger partial charge on any atom is 0.261 e. The van der Waals surface area contributed by atoms with Crippen molar-refractivity contribution in [3.05, 3.63) is 56.3 Å². The predicted octanol–water partition coefficient (Wildman–Crippen LogP) is 3.15. The molecule has 1 atom stereocenters. The third-order valence-electron chi connectivity index (χ3n) is 3.90. The molecule has 0 aliphatic carbocycles. The van der Waals surface area contributed by atoms with Gasteiger partial charge in [-0.15, -0.1) is 16.4 Å². The number of halogens is 2. The van der Waals surface area contributed by atoms with Gasteiger partial charge in [-0.25, -0.2) is 4.68 Å². The van der Waals surface area contributed by atoms with Crippen LogP contribution >= 0.6 is 34.5 Å². The standard InChI is InChI=1S/C17H17Cl2N5OS/c1-24-14(15(18)22-23-24)12-8-13(26-16(12)19)17(25)21-11(9-20)7-10-5-3-2-4-6-10/h2-6,8,11H,7,9,20H2,1H3,(H,21,25)/t11-/m0/s1. The molecule has 1 amide bonds. The number of benzene rings is 1. The van der Waals surface area contributed by atoms with Gasteiger partial charge < -0.3 is 11.1 Å². The normalized spacial score (nSPS) is 12.2. The molecule has 0 bridgehead atoms. The Labute approximate surface area is 164 Å². The van der Waals surface area contributed by atoms with Gasteiger partial charge in [0.25, 0.3) is 5.91 Å². The third-order valence-corrected chi connectivity index (χ3v) is 5.51. The highest BCUT2D eigenvalue weighted by Crippen LogP contribution is 2.37. The monoisotopic (exact) mass is 409 g/mol. The topological polar surface area (TPSA) is 85.8 Å². The van der Waals surface area contributed by atoms with Crippen LogP contribution in [0, 0.1) is 0 Å². The zero-order valence-electron chi connectivity index (χ0n) is 13.9. The van der Waals surface area contributed by atoms with Crippen molar-refractivity contribution in [1.29, 1.82) is 0 Å². The number of rotatable bonds is 6. The van der Waals surface area contributed by atoms with Gasteiger partial charge in [-0.2, -0.15) is 0 Å². The van der Waals surface area contributed by atoms with E-state index in [4.69, 9.17) is 28.9 Å². The van der Waals surface area contributed by atoms with Gasteiger partial charge in [0, 0.05) is 25.2 Å². The lowest BCUT2D eigenvalue weighted by Crippen LogP contribution is -2.41. The Bertz CT molecular complexity index is 890. The highest BCUT2D eigenvalue weighted by molar-refractivity contribution is 7.18. The summed E-state index contributed by atoms with van der Waals surface area (Å²) >= 11 is 13.6. The zero-order chi connectivity index (χ0) is 18.7. The second kappa shape index (κ2) is 8.18. The van der Waals surface area contributed by atoms with E-state index < -0.39 is 0 Å². The van der Waals surface area contributed by atoms with Crippen molar-refractivity contribution in [3.63, 3.8) is 0 Å². The summed E-state index contributed by atoms with van der Waals surface area (Å²) in [5.74, 6) is -0.221. The quantitative estimate of drug-likeness (QED) is 0.654. The second-order valence-corrected chi connectivity index (χ2v) is 7.76. The van der Waals surface area contributed by atoms with Gasteiger partial charge in [-0.3, -0.25) is 4.79 Å². The van der Waals surface area contributed by atoms with Crippen molar-refractivity contribution in [2.24, 2.45) is 12.8 Å². The molecule has 0 radical (unpaired) electrons. The van der Waals surface area contributed by atoms with Crippen LogP contribution in [0.2, 0.25) is 9.49 Å². The van der Waals surface area contributed by atoms with E-state index in [0.29, 0.717) is 33.4 Å². The third kappa shape index (κ3) is 4.07. The van der Waals surface area contributed by atoms with Crippen molar-refractivity contribution >= 4 is 40.4 Å². The van der Waals surface area contributed by atoms with E-state index in [1.54, 1.807) is 13.1 Å². The van der Waals surface area contributed by atoms with Crippen molar-refractivity contribution in [3.8, 4) is 11.3 Å². The first-order valence-electron chi connectivity index (χ1n) is 7.89. The summed E-state index contributed by atoms with van der Waals surface area (Å²) in [5.41, 5.74) is 8.14. The van der Waals surface area contributed by atoms with Crippen LogP contribution in [0.4, 0.5) is 0 Å². The molecule has 0 unspecified atom stereocenters. The van der Waals surface area contributed by atoms with E-state index >= 15 is 0 Å². The molecule has 3 rings (SSSR count). The molecule has 3 N–H and O–H groups in total. The Balaban J connectivity index is 1.77.